The Bertz CT molecular complexity index is 895. The van der Waals surface area contributed by atoms with Gasteiger partial charge in [-0.15, -0.1) is 0 Å². The number of hydrogen-bond donors (Lipinski definition) is 1. The Morgan fingerprint density at radius 3 is 2.41 bits per heavy atom. The van der Waals surface area contributed by atoms with Crippen LogP contribution in [0.15, 0.2) is 51.4 Å². The summed E-state index contributed by atoms with van der Waals surface area (Å²) in [5.74, 6) is -2.44. The molecule has 9 nitrogen and oxygen atoms in total. The van der Waals surface area contributed by atoms with E-state index >= 15 is 0 Å². The second kappa shape index (κ2) is 7.26. The molecule has 2 aliphatic heterocycles. The van der Waals surface area contributed by atoms with Crippen molar-refractivity contribution in [1.29, 1.82) is 0 Å². The molecule has 1 N–H and O–H groups in total. The first-order valence-corrected chi connectivity index (χ1v) is 9.57. The maximum atomic E-state index is 13.1. The van der Waals surface area contributed by atoms with Crippen molar-refractivity contribution in [3.8, 4) is 0 Å². The summed E-state index contributed by atoms with van der Waals surface area (Å²) < 4.78 is 5.41. The molecular formula is C17H15N3O6Se. The molecule has 0 aromatic heterocycles. The van der Waals surface area contributed by atoms with Gasteiger partial charge in [-0.3, -0.25) is 0 Å². The quantitative estimate of drug-likeness (QED) is 0.413. The van der Waals surface area contributed by atoms with E-state index in [1.807, 2.05) is 0 Å². The van der Waals surface area contributed by atoms with Crippen molar-refractivity contribution in [1.82, 2.24) is 9.80 Å². The van der Waals surface area contributed by atoms with Crippen LogP contribution >= 0.6 is 0 Å². The van der Waals surface area contributed by atoms with Gasteiger partial charge in [0.15, 0.2) is 0 Å². The number of imide groups is 2. The number of ether oxygens (including phenoxy) is 1. The number of aliphatic carboxylic acids is 1. The van der Waals surface area contributed by atoms with Crippen molar-refractivity contribution < 1.29 is 29.0 Å². The van der Waals surface area contributed by atoms with Crippen molar-refractivity contribution in [2.24, 2.45) is 0 Å². The predicted octanol–water partition coefficient (Wildman–Crippen LogP) is 0.373. The molecule has 2 heterocycles. The number of barbiturate groups is 1. The van der Waals surface area contributed by atoms with Gasteiger partial charge in [-0.05, 0) is 0 Å². The van der Waals surface area contributed by atoms with E-state index in [0.29, 0.717) is 5.69 Å². The number of carboxylic acid groups (broad SMARTS) is 1. The zero-order valence-corrected chi connectivity index (χ0v) is 16.1. The minimum absolute atomic E-state index is 0.231. The molecule has 2 aliphatic rings. The number of methoxy groups -OCH3 is 1. The zero-order valence-electron chi connectivity index (χ0n) is 14.4. The van der Waals surface area contributed by atoms with Crippen LogP contribution in [0, 0.1) is 0 Å². The second-order valence-corrected chi connectivity index (χ2v) is 7.36. The third kappa shape index (κ3) is 3.20. The van der Waals surface area contributed by atoms with Crippen molar-refractivity contribution in [2.75, 3.05) is 25.6 Å². The summed E-state index contributed by atoms with van der Waals surface area (Å²) in [5.41, 5.74) is 0.0886. The maximum absolute atomic E-state index is 13.1. The summed E-state index contributed by atoms with van der Waals surface area (Å²) in [6.07, 6.45) is 0. The molecule has 10 heteroatoms. The molecule has 4 amide bonds. The molecule has 3 rings (SSSR count). The third-order valence-corrected chi connectivity index (χ3v) is 5.96. The first-order valence-electron chi connectivity index (χ1n) is 7.72. The molecule has 0 saturated carbocycles. The van der Waals surface area contributed by atoms with Crippen LogP contribution in [0.1, 0.15) is 0 Å². The van der Waals surface area contributed by atoms with Crippen LogP contribution < -0.4 is 4.90 Å². The van der Waals surface area contributed by atoms with E-state index in [-0.39, 0.29) is 16.1 Å². The molecule has 0 unspecified atom stereocenters. The number of carboxylic acids is 1. The molecule has 0 bridgehead atoms. The van der Waals surface area contributed by atoms with Crippen LogP contribution in [-0.2, 0) is 19.1 Å². The summed E-state index contributed by atoms with van der Waals surface area (Å²) in [6, 6.07) is 7.46. The Balaban J connectivity index is 2.11. The van der Waals surface area contributed by atoms with Crippen LogP contribution in [0.25, 0.3) is 0 Å². The van der Waals surface area contributed by atoms with Gasteiger partial charge >= 0.3 is 160 Å². The number of carbonyl (C=O) groups excluding carboxylic acids is 3. The Hall–Kier alpha value is -3.10. The Kier molecular flexibility index (Phi) is 5.02. The molecule has 1 aromatic carbocycles. The zero-order chi connectivity index (χ0) is 19.7. The van der Waals surface area contributed by atoms with Crippen molar-refractivity contribution in [3.63, 3.8) is 0 Å². The van der Waals surface area contributed by atoms with E-state index in [9.17, 15) is 24.3 Å². The van der Waals surface area contributed by atoms with Crippen LogP contribution in [-0.4, -0.2) is 74.4 Å². The Morgan fingerprint density at radius 1 is 1.15 bits per heavy atom. The van der Waals surface area contributed by atoms with Crippen LogP contribution in [0.3, 0.4) is 0 Å². The van der Waals surface area contributed by atoms with Gasteiger partial charge in [0.1, 0.15) is 0 Å². The summed E-state index contributed by atoms with van der Waals surface area (Å²) in [7, 11) is 2.66. The summed E-state index contributed by atoms with van der Waals surface area (Å²) in [6.45, 7) is -0.468. The number of carbonyl (C=O) groups is 4. The van der Waals surface area contributed by atoms with Gasteiger partial charge in [0.05, 0.1) is 0 Å². The van der Waals surface area contributed by atoms with Gasteiger partial charge in [0.2, 0.25) is 0 Å². The van der Waals surface area contributed by atoms with E-state index in [2.05, 4.69) is 0 Å². The number of hydrogen-bond acceptors (Lipinski definition) is 6. The number of amides is 4. The van der Waals surface area contributed by atoms with Gasteiger partial charge in [-0.25, -0.2) is 0 Å². The average molecular weight is 436 g/mol. The van der Waals surface area contributed by atoms with Crippen LogP contribution in [0.2, 0.25) is 0 Å². The molecule has 0 aliphatic carbocycles. The molecule has 1 fully saturated rings. The second-order valence-electron chi connectivity index (χ2n) is 5.56. The molecular weight excluding hydrogens is 421 g/mol. The predicted molar refractivity (Wildman–Crippen MR) is 94.3 cm³/mol. The topological polar surface area (TPSA) is 107 Å². The molecule has 0 radical (unpaired) electrons. The number of para-hydroxylation sites is 1. The van der Waals surface area contributed by atoms with Crippen molar-refractivity contribution >= 4 is 44.5 Å². The fourth-order valence-electron chi connectivity index (χ4n) is 2.65. The van der Waals surface area contributed by atoms with E-state index in [0.717, 1.165) is 9.80 Å². The molecule has 27 heavy (non-hydrogen) atoms. The minimum atomic E-state index is -1.14. The normalized spacial score (nSPS) is 20.3. The first kappa shape index (κ1) is 18.7. The number of nitrogens with zero attached hydrogens (tertiary/aromatic N) is 3. The van der Waals surface area contributed by atoms with E-state index in [1.54, 1.807) is 35.3 Å². The molecule has 1 aromatic rings. The average Bonchev–Trinajstić information content (AvgIpc) is 3.03. The fourth-order valence-corrected chi connectivity index (χ4v) is 4.77. The van der Waals surface area contributed by atoms with Gasteiger partial charge in [-0.1, -0.05) is 0 Å². The number of anilines is 1. The van der Waals surface area contributed by atoms with Crippen LogP contribution in [0.5, 0.6) is 0 Å². The number of rotatable bonds is 4. The van der Waals surface area contributed by atoms with Crippen LogP contribution in [0.4, 0.5) is 10.5 Å². The summed E-state index contributed by atoms with van der Waals surface area (Å²) in [4.78, 5) is 54.2. The van der Waals surface area contributed by atoms with E-state index in [4.69, 9.17) is 4.74 Å². The number of benzene rings is 1. The molecule has 1 saturated heterocycles. The summed E-state index contributed by atoms with van der Waals surface area (Å²) in [5, 5.41) is 9.17. The van der Waals surface area contributed by atoms with Gasteiger partial charge in [-0.2, -0.15) is 0 Å². The fraction of sp³-hybridized carbons (Fsp3) is 0.176. The van der Waals surface area contributed by atoms with Gasteiger partial charge in [0.25, 0.3) is 0 Å². The molecule has 0 atom stereocenters. The standard InChI is InChI=1S/C17H15N3O6Se/c1-18-14(23)13(16-19(8-12(21)22)11(26-2)9-27-16)15(24)20(17(18)25)10-6-4-3-5-7-10/h3-7,9H,8H2,1-2H3,(H,21,22)/b16-13+. The van der Waals surface area contributed by atoms with Gasteiger partial charge in [0, 0.05) is 0 Å². The third-order valence-electron chi connectivity index (χ3n) is 3.93. The van der Waals surface area contributed by atoms with E-state index in [1.165, 1.54) is 19.1 Å². The Labute approximate surface area is 160 Å². The SMILES string of the molecule is COC1=C[Se]/C(=C2\C(=O)N(C)C(=O)N(c3ccccc3)C2=O)N1CC(=O)O. The molecule has 140 valence electrons. The molecule has 0 spiro atoms. The first-order chi connectivity index (χ1) is 12.9. The Morgan fingerprint density at radius 2 is 1.81 bits per heavy atom. The summed E-state index contributed by atoms with van der Waals surface area (Å²) >= 11 is -0.509. The number of likely N-dealkylation sites (N-methyl/N-ethyl adjacent to an activating group) is 1. The van der Waals surface area contributed by atoms with Gasteiger partial charge < -0.3 is 0 Å². The number of urea groups is 1. The van der Waals surface area contributed by atoms with Crippen molar-refractivity contribution in [3.05, 3.63) is 51.4 Å². The van der Waals surface area contributed by atoms with E-state index < -0.39 is 45.3 Å². The van der Waals surface area contributed by atoms with Crippen molar-refractivity contribution in [2.45, 2.75) is 0 Å². The monoisotopic (exact) mass is 437 g/mol.